The fourth-order valence-electron chi connectivity index (χ4n) is 0.805. The van der Waals surface area contributed by atoms with Gasteiger partial charge >= 0.3 is 0 Å². The van der Waals surface area contributed by atoms with Crippen LogP contribution >= 0.6 is 11.3 Å². The molecule has 68 valence electrons. The number of hydrogen-bond acceptors (Lipinski definition) is 3. The van der Waals surface area contributed by atoms with Crippen molar-refractivity contribution in [2.75, 3.05) is 7.05 Å². The largest absolute Gasteiger partial charge is 0.316 e. The predicted octanol–water partition coefficient (Wildman–Crippen LogP) is 0.588. The Morgan fingerprint density at radius 2 is 2.50 bits per heavy atom. The highest BCUT2D eigenvalue weighted by Gasteiger charge is 2.13. The number of nitrogens with two attached hydrogens (primary N) is 1. The molecule has 1 heterocycles. The van der Waals surface area contributed by atoms with Gasteiger partial charge in [0.2, 0.25) is 0 Å². The van der Waals surface area contributed by atoms with E-state index in [9.17, 15) is 8.60 Å². The average Bonchev–Trinajstić information content (AvgIpc) is 2.34. The van der Waals surface area contributed by atoms with Crippen molar-refractivity contribution in [3.63, 3.8) is 0 Å². The van der Waals surface area contributed by atoms with Gasteiger partial charge in [0.05, 0.1) is 0 Å². The van der Waals surface area contributed by atoms with Crippen LogP contribution in [0.2, 0.25) is 0 Å². The van der Waals surface area contributed by atoms with Crippen LogP contribution in [0.1, 0.15) is 5.56 Å². The van der Waals surface area contributed by atoms with E-state index < -0.39 is 16.8 Å². The lowest BCUT2D eigenvalue weighted by Gasteiger charge is -1.94. The van der Waals surface area contributed by atoms with Gasteiger partial charge in [-0.15, -0.1) is 11.3 Å². The highest BCUT2D eigenvalue weighted by Crippen LogP contribution is 2.22. The summed E-state index contributed by atoms with van der Waals surface area (Å²) < 4.78 is 24.0. The molecule has 3 N–H and O–H groups in total. The third-order valence-electron chi connectivity index (χ3n) is 1.32. The summed E-state index contributed by atoms with van der Waals surface area (Å²) in [5.74, 6) is -0.449. The molecule has 1 rings (SSSR count). The number of rotatable bonds is 3. The van der Waals surface area contributed by atoms with Crippen molar-refractivity contribution in [3.8, 4) is 0 Å². The van der Waals surface area contributed by atoms with E-state index in [0.717, 1.165) is 11.3 Å². The minimum atomic E-state index is -1.71. The van der Waals surface area contributed by atoms with Gasteiger partial charge in [0.15, 0.2) is 5.82 Å². The Balaban J connectivity index is 2.96. The van der Waals surface area contributed by atoms with E-state index in [1.165, 1.54) is 0 Å². The molecule has 0 aliphatic rings. The average molecular weight is 208 g/mol. The number of nitrogens with one attached hydrogen (secondary N) is 1. The summed E-state index contributed by atoms with van der Waals surface area (Å²) in [7, 11) is 0.0109. The topological polar surface area (TPSA) is 55.1 Å². The van der Waals surface area contributed by atoms with Crippen molar-refractivity contribution in [2.45, 2.75) is 10.8 Å². The zero-order chi connectivity index (χ0) is 9.14. The highest BCUT2D eigenvalue weighted by molar-refractivity contribution is 7.85. The molecule has 0 saturated heterocycles. The number of halogens is 1. The van der Waals surface area contributed by atoms with Crippen LogP contribution in [0.25, 0.3) is 0 Å². The molecule has 0 spiro atoms. The quantitative estimate of drug-likeness (QED) is 0.763. The molecule has 0 aliphatic heterocycles. The molecule has 0 aromatic carbocycles. The van der Waals surface area contributed by atoms with Crippen LogP contribution in [0.4, 0.5) is 4.39 Å². The molecular formula is C6H9FN2OS2. The lowest BCUT2D eigenvalue weighted by molar-refractivity contribution is 0.584. The van der Waals surface area contributed by atoms with Crippen molar-refractivity contribution >= 4 is 22.3 Å². The van der Waals surface area contributed by atoms with Crippen molar-refractivity contribution in [3.05, 3.63) is 16.8 Å². The van der Waals surface area contributed by atoms with Gasteiger partial charge in [-0.2, -0.15) is 0 Å². The molecule has 1 atom stereocenters. The SMILES string of the molecule is CNCc1csc(S(N)=O)c1F. The Kier molecular flexibility index (Phi) is 3.33. The molecular weight excluding hydrogens is 199 g/mol. The van der Waals surface area contributed by atoms with E-state index in [4.69, 9.17) is 5.14 Å². The Morgan fingerprint density at radius 3 is 2.92 bits per heavy atom. The predicted molar refractivity (Wildman–Crippen MR) is 47.6 cm³/mol. The fourth-order valence-corrected chi connectivity index (χ4v) is 2.31. The Bertz CT molecular complexity index is 300. The van der Waals surface area contributed by atoms with Crippen molar-refractivity contribution < 1.29 is 8.60 Å². The monoisotopic (exact) mass is 208 g/mol. The van der Waals surface area contributed by atoms with E-state index in [2.05, 4.69) is 5.32 Å². The van der Waals surface area contributed by atoms with E-state index in [-0.39, 0.29) is 4.21 Å². The minimum absolute atomic E-state index is 0.111. The fraction of sp³-hybridized carbons (Fsp3) is 0.333. The first-order valence-electron chi connectivity index (χ1n) is 3.23. The molecule has 12 heavy (non-hydrogen) atoms. The van der Waals surface area contributed by atoms with Gasteiger partial charge in [0.25, 0.3) is 0 Å². The Hall–Kier alpha value is -0.300. The van der Waals surface area contributed by atoms with Gasteiger partial charge in [-0.05, 0) is 12.4 Å². The lowest BCUT2D eigenvalue weighted by atomic mass is 10.3. The first kappa shape index (κ1) is 9.79. The van der Waals surface area contributed by atoms with Crippen LogP contribution in [0, 0.1) is 5.82 Å². The molecule has 3 nitrogen and oxygen atoms in total. The lowest BCUT2D eigenvalue weighted by Crippen LogP contribution is -2.07. The normalized spacial score (nSPS) is 13.2. The summed E-state index contributed by atoms with van der Waals surface area (Å²) in [5.41, 5.74) is 0.510. The Morgan fingerprint density at radius 1 is 1.83 bits per heavy atom. The van der Waals surface area contributed by atoms with Crippen LogP contribution in [-0.2, 0) is 17.5 Å². The van der Waals surface area contributed by atoms with Gasteiger partial charge in [0.1, 0.15) is 15.2 Å². The molecule has 1 aromatic heterocycles. The first-order valence-corrected chi connectivity index (χ1v) is 5.32. The second kappa shape index (κ2) is 4.08. The van der Waals surface area contributed by atoms with Crippen molar-refractivity contribution in [2.24, 2.45) is 5.14 Å². The minimum Gasteiger partial charge on any atom is -0.316 e. The molecule has 1 aromatic rings. The summed E-state index contributed by atoms with van der Waals surface area (Å²) in [4.78, 5) is 0. The second-order valence-corrected chi connectivity index (χ2v) is 4.33. The first-order chi connectivity index (χ1) is 5.66. The molecule has 0 aliphatic carbocycles. The molecule has 0 fully saturated rings. The summed E-state index contributed by atoms with van der Waals surface area (Å²) in [6, 6.07) is 0. The van der Waals surface area contributed by atoms with E-state index >= 15 is 0 Å². The zero-order valence-electron chi connectivity index (χ0n) is 6.46. The van der Waals surface area contributed by atoms with E-state index in [0.29, 0.717) is 12.1 Å². The molecule has 0 radical (unpaired) electrons. The number of hydrogen-bond donors (Lipinski definition) is 2. The van der Waals surface area contributed by atoms with Crippen LogP contribution in [0.3, 0.4) is 0 Å². The van der Waals surface area contributed by atoms with Gasteiger partial charge < -0.3 is 5.32 Å². The van der Waals surface area contributed by atoms with E-state index in [1.807, 2.05) is 0 Å². The summed E-state index contributed by atoms with van der Waals surface area (Å²) >= 11 is 1.08. The van der Waals surface area contributed by atoms with Crippen LogP contribution < -0.4 is 10.5 Å². The maximum absolute atomic E-state index is 13.2. The van der Waals surface area contributed by atoms with Crippen LogP contribution in [0.15, 0.2) is 9.59 Å². The maximum atomic E-state index is 13.2. The van der Waals surface area contributed by atoms with E-state index in [1.54, 1.807) is 12.4 Å². The summed E-state index contributed by atoms with van der Waals surface area (Å²) in [6.07, 6.45) is 0. The van der Waals surface area contributed by atoms with Gasteiger partial charge in [-0.3, -0.25) is 0 Å². The summed E-state index contributed by atoms with van der Waals surface area (Å²) in [6.45, 7) is 0.430. The summed E-state index contributed by atoms with van der Waals surface area (Å²) in [5, 5.41) is 9.47. The molecule has 0 amide bonds. The van der Waals surface area contributed by atoms with Crippen LogP contribution in [0.5, 0.6) is 0 Å². The van der Waals surface area contributed by atoms with Gasteiger partial charge in [-0.25, -0.2) is 13.7 Å². The van der Waals surface area contributed by atoms with Crippen molar-refractivity contribution in [1.29, 1.82) is 0 Å². The van der Waals surface area contributed by atoms with Crippen molar-refractivity contribution in [1.82, 2.24) is 5.32 Å². The molecule has 6 heteroatoms. The Labute approximate surface area is 76.4 Å². The standard InChI is InChI=1S/C6H9FN2OS2/c1-9-2-4-3-11-6(5(4)7)12(8)10/h3,9H,2,8H2,1H3. The smallest absolute Gasteiger partial charge is 0.156 e. The van der Waals surface area contributed by atoms with Crippen LogP contribution in [-0.4, -0.2) is 11.3 Å². The van der Waals surface area contributed by atoms with Gasteiger partial charge in [-0.1, -0.05) is 0 Å². The molecule has 0 bridgehead atoms. The third kappa shape index (κ3) is 1.89. The molecule has 1 unspecified atom stereocenters. The van der Waals surface area contributed by atoms with Gasteiger partial charge in [0, 0.05) is 12.1 Å². The molecule has 0 saturated carbocycles. The maximum Gasteiger partial charge on any atom is 0.156 e. The number of thiophene rings is 1. The third-order valence-corrected chi connectivity index (χ3v) is 3.44. The highest BCUT2D eigenvalue weighted by atomic mass is 32.2. The zero-order valence-corrected chi connectivity index (χ0v) is 8.10. The second-order valence-electron chi connectivity index (χ2n) is 2.19.